The molecule has 0 radical (unpaired) electrons. The molecule has 0 fully saturated rings. The Balaban J connectivity index is 1.21. The van der Waals surface area contributed by atoms with Gasteiger partial charge in [0.25, 0.3) is 0 Å². The summed E-state index contributed by atoms with van der Waals surface area (Å²) in [7, 11) is 0. The second-order valence-corrected chi connectivity index (χ2v) is 11.4. The molecule has 0 spiro atoms. The fourth-order valence-corrected chi connectivity index (χ4v) is 7.47. The van der Waals surface area contributed by atoms with E-state index in [-0.39, 0.29) is 5.63 Å². The smallest absolute Gasteiger partial charge is 0.336 e. The molecule has 6 nitrogen and oxygen atoms in total. The van der Waals surface area contributed by atoms with Crippen LogP contribution in [0, 0.1) is 0 Å². The lowest BCUT2D eigenvalue weighted by atomic mass is 10.0. The van der Waals surface area contributed by atoms with Crippen molar-refractivity contribution in [2.24, 2.45) is 0 Å². The molecule has 0 N–H and O–H groups in total. The van der Waals surface area contributed by atoms with Crippen LogP contribution < -0.4 is 5.63 Å². The Kier molecular flexibility index (Phi) is 5.92. The molecular weight excluding hydrogens is 485 g/mol. The first-order chi connectivity index (χ1) is 16.7. The molecule has 0 saturated heterocycles. The number of fused-ring (bicyclic) bond motifs is 3. The highest BCUT2D eigenvalue weighted by Gasteiger charge is 2.17. The molecule has 172 valence electrons. The molecule has 3 heterocycles. The standard InChI is InChI=1S/C25H22N4O2S3/c1-2-29-22(14-33-25-26-19-8-3-4-9-21(19)34-25)27-28-24(29)32-13-17-12-23(30)31-20-11-16-7-5-6-15(16)10-18(17)20/h3-4,8-12H,2,5-7,13-14H2,1H3. The van der Waals surface area contributed by atoms with E-state index >= 15 is 0 Å². The number of hydrogen-bond donors (Lipinski definition) is 0. The summed E-state index contributed by atoms with van der Waals surface area (Å²) < 4.78 is 9.90. The Morgan fingerprint density at radius 1 is 1.06 bits per heavy atom. The monoisotopic (exact) mass is 506 g/mol. The molecule has 1 aliphatic carbocycles. The van der Waals surface area contributed by atoms with Gasteiger partial charge in [-0.05, 0) is 67.1 Å². The lowest BCUT2D eigenvalue weighted by Crippen LogP contribution is -2.03. The molecule has 0 unspecified atom stereocenters. The molecule has 1 aliphatic rings. The molecule has 9 heteroatoms. The van der Waals surface area contributed by atoms with Gasteiger partial charge in [-0.1, -0.05) is 35.7 Å². The zero-order valence-electron chi connectivity index (χ0n) is 18.6. The molecule has 0 saturated carbocycles. The molecule has 3 aromatic heterocycles. The number of aryl methyl sites for hydroxylation is 2. The number of thiazole rings is 1. The maximum absolute atomic E-state index is 12.2. The van der Waals surface area contributed by atoms with Crippen molar-refractivity contribution in [3.8, 4) is 0 Å². The SMILES string of the molecule is CCn1c(CSc2nc3ccccc3s2)nnc1SCc1cc(=O)oc2cc3c(cc12)CCC3. The Hall–Kier alpha value is -2.62. The minimum absolute atomic E-state index is 0.300. The number of nitrogens with zero attached hydrogens (tertiary/aromatic N) is 4. The van der Waals surface area contributed by atoms with Crippen LogP contribution in [0.3, 0.4) is 0 Å². The van der Waals surface area contributed by atoms with E-state index in [2.05, 4.69) is 39.9 Å². The summed E-state index contributed by atoms with van der Waals surface area (Å²) in [5.41, 5.74) is 5.09. The van der Waals surface area contributed by atoms with Gasteiger partial charge in [-0.3, -0.25) is 0 Å². The maximum Gasteiger partial charge on any atom is 0.336 e. The van der Waals surface area contributed by atoms with Gasteiger partial charge >= 0.3 is 5.63 Å². The molecule has 2 aromatic carbocycles. The van der Waals surface area contributed by atoms with Gasteiger partial charge in [-0.2, -0.15) is 0 Å². The van der Waals surface area contributed by atoms with E-state index in [9.17, 15) is 4.79 Å². The second-order valence-electron chi connectivity index (χ2n) is 8.23. The Morgan fingerprint density at radius 3 is 2.76 bits per heavy atom. The number of aromatic nitrogens is 4. The van der Waals surface area contributed by atoms with Crippen molar-refractivity contribution in [1.82, 2.24) is 19.7 Å². The van der Waals surface area contributed by atoms with Crippen molar-refractivity contribution in [3.05, 3.63) is 75.4 Å². The zero-order chi connectivity index (χ0) is 23.1. The summed E-state index contributed by atoms with van der Waals surface area (Å²) in [6.07, 6.45) is 3.32. The van der Waals surface area contributed by atoms with Crippen LogP contribution in [0.1, 0.15) is 35.9 Å². The summed E-state index contributed by atoms with van der Waals surface area (Å²) in [4.78, 5) is 16.9. The van der Waals surface area contributed by atoms with E-state index < -0.39 is 0 Å². The van der Waals surface area contributed by atoms with Crippen molar-refractivity contribution in [2.75, 3.05) is 0 Å². The predicted octanol–water partition coefficient (Wildman–Crippen LogP) is 6.09. The molecule has 0 bridgehead atoms. The van der Waals surface area contributed by atoms with Crippen molar-refractivity contribution in [1.29, 1.82) is 0 Å². The highest BCUT2D eigenvalue weighted by atomic mass is 32.2. The maximum atomic E-state index is 12.2. The molecule has 6 rings (SSSR count). The van der Waals surface area contributed by atoms with Gasteiger partial charge in [0, 0.05) is 23.8 Å². The van der Waals surface area contributed by atoms with Crippen LogP contribution in [-0.4, -0.2) is 19.7 Å². The third kappa shape index (κ3) is 4.16. The molecule has 0 aliphatic heterocycles. The van der Waals surface area contributed by atoms with Gasteiger partial charge in [-0.25, -0.2) is 9.78 Å². The first-order valence-electron chi connectivity index (χ1n) is 11.3. The fraction of sp³-hybridized carbons (Fsp3) is 0.280. The zero-order valence-corrected chi connectivity index (χ0v) is 21.1. The van der Waals surface area contributed by atoms with E-state index in [0.717, 1.165) is 57.6 Å². The van der Waals surface area contributed by atoms with Crippen LogP contribution in [0.2, 0.25) is 0 Å². The van der Waals surface area contributed by atoms with Crippen LogP contribution in [0.15, 0.2) is 61.2 Å². The van der Waals surface area contributed by atoms with Crippen LogP contribution in [0.5, 0.6) is 0 Å². The summed E-state index contributed by atoms with van der Waals surface area (Å²) in [5, 5.41) is 10.8. The Bertz CT molecular complexity index is 1540. The predicted molar refractivity (Wildman–Crippen MR) is 139 cm³/mol. The third-order valence-corrected chi connectivity index (χ3v) is 9.30. The average molecular weight is 507 g/mol. The second kappa shape index (κ2) is 9.20. The number of rotatable bonds is 7. The van der Waals surface area contributed by atoms with E-state index in [1.54, 1.807) is 40.9 Å². The van der Waals surface area contributed by atoms with Crippen LogP contribution in [-0.2, 0) is 30.9 Å². The number of para-hydroxylation sites is 1. The average Bonchev–Trinajstić information content (AvgIpc) is 3.56. The Labute approximate surface area is 208 Å². The van der Waals surface area contributed by atoms with E-state index in [1.807, 2.05) is 18.2 Å². The third-order valence-electron chi connectivity index (χ3n) is 6.11. The number of benzene rings is 2. The van der Waals surface area contributed by atoms with Crippen molar-refractivity contribution in [2.45, 2.75) is 53.7 Å². The fourth-order valence-electron chi connectivity index (χ4n) is 4.45. The van der Waals surface area contributed by atoms with Crippen molar-refractivity contribution >= 4 is 56.0 Å². The molecule has 0 atom stereocenters. The van der Waals surface area contributed by atoms with Gasteiger partial charge in [0.2, 0.25) is 0 Å². The minimum atomic E-state index is -0.300. The molecule has 0 amide bonds. The van der Waals surface area contributed by atoms with Gasteiger partial charge in [0.1, 0.15) is 11.4 Å². The van der Waals surface area contributed by atoms with Crippen LogP contribution in [0.4, 0.5) is 0 Å². The van der Waals surface area contributed by atoms with Crippen LogP contribution in [0.25, 0.3) is 21.2 Å². The molecule has 34 heavy (non-hydrogen) atoms. The summed E-state index contributed by atoms with van der Waals surface area (Å²) in [6.45, 7) is 2.89. The van der Waals surface area contributed by atoms with Gasteiger partial charge in [-0.15, -0.1) is 21.5 Å². The van der Waals surface area contributed by atoms with E-state index in [4.69, 9.17) is 9.40 Å². The topological polar surface area (TPSA) is 73.8 Å². The van der Waals surface area contributed by atoms with Gasteiger partial charge < -0.3 is 8.98 Å². The summed E-state index contributed by atoms with van der Waals surface area (Å²) in [6, 6.07) is 14.1. The van der Waals surface area contributed by atoms with E-state index in [1.165, 1.54) is 15.8 Å². The first-order valence-corrected chi connectivity index (χ1v) is 14.1. The molecule has 5 aromatic rings. The van der Waals surface area contributed by atoms with Gasteiger partial charge in [0.05, 0.1) is 16.0 Å². The quantitative estimate of drug-likeness (QED) is 0.195. The first kappa shape index (κ1) is 21.9. The normalized spacial score (nSPS) is 13.2. The lowest BCUT2D eigenvalue weighted by molar-refractivity contribution is 0.559. The lowest BCUT2D eigenvalue weighted by Gasteiger charge is -2.09. The van der Waals surface area contributed by atoms with Crippen molar-refractivity contribution in [3.63, 3.8) is 0 Å². The summed E-state index contributed by atoms with van der Waals surface area (Å²) >= 11 is 5.01. The summed E-state index contributed by atoms with van der Waals surface area (Å²) in [5.74, 6) is 2.29. The number of thioether (sulfide) groups is 2. The highest BCUT2D eigenvalue weighted by molar-refractivity contribution is 8.00. The highest BCUT2D eigenvalue weighted by Crippen LogP contribution is 2.33. The molecular formula is C25H22N4O2S3. The van der Waals surface area contributed by atoms with Crippen molar-refractivity contribution < 1.29 is 4.42 Å². The largest absolute Gasteiger partial charge is 0.423 e. The van der Waals surface area contributed by atoms with Crippen LogP contribution >= 0.6 is 34.9 Å². The minimum Gasteiger partial charge on any atom is -0.423 e. The van der Waals surface area contributed by atoms with Gasteiger partial charge in [0.15, 0.2) is 9.50 Å². The Morgan fingerprint density at radius 2 is 1.91 bits per heavy atom. The van der Waals surface area contributed by atoms with E-state index in [0.29, 0.717) is 17.1 Å². The number of hydrogen-bond acceptors (Lipinski definition) is 8.